The Labute approximate surface area is 153 Å². The normalized spacial score (nSPS) is 15.9. The third kappa shape index (κ3) is 4.41. The highest BCUT2D eigenvalue weighted by Crippen LogP contribution is 2.29. The summed E-state index contributed by atoms with van der Waals surface area (Å²) in [6.45, 7) is 2.59. The Morgan fingerprint density at radius 3 is 2.31 bits per heavy atom. The van der Waals surface area contributed by atoms with E-state index >= 15 is 0 Å². The second kappa shape index (κ2) is 8.33. The lowest BCUT2D eigenvalue weighted by atomic mass is 10.2. The first-order valence-corrected chi connectivity index (χ1v) is 9.43. The predicted molar refractivity (Wildman–Crippen MR) is 95.1 cm³/mol. The number of amides is 1. The molecule has 1 fully saturated rings. The number of piperazine rings is 1. The molecule has 0 spiro atoms. The Balaban J connectivity index is 2.31. The van der Waals surface area contributed by atoms with Crippen LogP contribution < -0.4 is 4.74 Å². The Morgan fingerprint density at radius 1 is 1.12 bits per heavy atom. The van der Waals surface area contributed by atoms with Crippen LogP contribution in [0.1, 0.15) is 12.5 Å². The number of esters is 1. The standard InChI is InChI=1S/C17H22N2O6S/c1-13(20)18-8-10-19(11-9-18)26(22,23)16-12-14(4-6-15(16)24-2)5-7-17(21)25-3/h4-7,12H,8-11H2,1-3H3/b7-5-. The number of hydrogen-bond donors (Lipinski definition) is 0. The van der Waals surface area contributed by atoms with E-state index in [0.717, 1.165) is 0 Å². The van der Waals surface area contributed by atoms with Crippen molar-refractivity contribution in [2.45, 2.75) is 11.8 Å². The van der Waals surface area contributed by atoms with Crippen molar-refractivity contribution in [3.8, 4) is 5.75 Å². The molecule has 0 aromatic heterocycles. The average Bonchev–Trinajstić information content (AvgIpc) is 2.65. The molecule has 1 aromatic carbocycles. The van der Waals surface area contributed by atoms with E-state index in [-0.39, 0.29) is 29.6 Å². The topological polar surface area (TPSA) is 93.2 Å². The lowest BCUT2D eigenvalue weighted by Crippen LogP contribution is -2.49. The molecular formula is C17H22N2O6S. The molecule has 1 amide bonds. The zero-order valence-corrected chi connectivity index (χ0v) is 15.8. The van der Waals surface area contributed by atoms with Gasteiger partial charge >= 0.3 is 5.97 Å². The molecule has 0 N–H and O–H groups in total. The molecule has 0 atom stereocenters. The van der Waals surface area contributed by atoms with Gasteiger partial charge in [-0.05, 0) is 23.8 Å². The van der Waals surface area contributed by atoms with Crippen molar-refractivity contribution < 1.29 is 27.5 Å². The van der Waals surface area contributed by atoms with E-state index in [1.54, 1.807) is 11.0 Å². The highest BCUT2D eigenvalue weighted by Gasteiger charge is 2.31. The lowest BCUT2D eigenvalue weighted by Gasteiger charge is -2.33. The van der Waals surface area contributed by atoms with Gasteiger partial charge in [-0.15, -0.1) is 0 Å². The van der Waals surface area contributed by atoms with Crippen molar-refractivity contribution in [1.82, 2.24) is 9.21 Å². The molecule has 8 nitrogen and oxygen atoms in total. The molecule has 1 saturated heterocycles. The Kier molecular flexibility index (Phi) is 6.38. The summed E-state index contributed by atoms with van der Waals surface area (Å²) >= 11 is 0. The lowest BCUT2D eigenvalue weighted by molar-refractivity contribution is -0.134. The monoisotopic (exact) mass is 382 g/mol. The summed E-state index contributed by atoms with van der Waals surface area (Å²) in [7, 11) is -1.14. The van der Waals surface area contributed by atoms with Gasteiger partial charge in [-0.25, -0.2) is 13.2 Å². The summed E-state index contributed by atoms with van der Waals surface area (Å²) in [5, 5.41) is 0. The van der Waals surface area contributed by atoms with Gasteiger partial charge in [-0.1, -0.05) is 6.07 Å². The maximum absolute atomic E-state index is 13.0. The van der Waals surface area contributed by atoms with Crippen molar-refractivity contribution >= 4 is 28.0 Å². The van der Waals surface area contributed by atoms with Crippen molar-refractivity contribution in [3.63, 3.8) is 0 Å². The number of hydrogen-bond acceptors (Lipinski definition) is 6. The number of rotatable bonds is 5. The van der Waals surface area contributed by atoms with Gasteiger partial charge in [0.2, 0.25) is 15.9 Å². The quantitative estimate of drug-likeness (QED) is 0.551. The molecule has 0 unspecified atom stereocenters. The Morgan fingerprint density at radius 2 is 1.77 bits per heavy atom. The molecule has 9 heteroatoms. The fourth-order valence-corrected chi connectivity index (χ4v) is 4.23. The molecule has 0 bridgehead atoms. The van der Waals surface area contributed by atoms with Gasteiger partial charge in [-0.2, -0.15) is 4.31 Å². The van der Waals surface area contributed by atoms with Gasteiger partial charge in [0.15, 0.2) is 0 Å². The largest absolute Gasteiger partial charge is 0.495 e. The summed E-state index contributed by atoms with van der Waals surface area (Å²) in [4.78, 5) is 24.3. The van der Waals surface area contributed by atoms with Crippen molar-refractivity contribution in [2.24, 2.45) is 0 Å². The summed E-state index contributed by atoms with van der Waals surface area (Å²) in [5.74, 6) is -0.394. The van der Waals surface area contributed by atoms with Crippen LogP contribution in [0.2, 0.25) is 0 Å². The first-order valence-electron chi connectivity index (χ1n) is 7.99. The summed E-state index contributed by atoms with van der Waals surface area (Å²) in [6.07, 6.45) is 2.68. The van der Waals surface area contributed by atoms with E-state index in [2.05, 4.69) is 4.74 Å². The van der Waals surface area contributed by atoms with E-state index in [9.17, 15) is 18.0 Å². The van der Waals surface area contributed by atoms with Gasteiger partial charge in [0, 0.05) is 39.2 Å². The molecular weight excluding hydrogens is 360 g/mol. The number of carbonyl (C=O) groups is 2. The number of carbonyl (C=O) groups excluding carboxylic acids is 2. The van der Waals surface area contributed by atoms with Crippen LogP contribution in [0.5, 0.6) is 5.75 Å². The third-order valence-corrected chi connectivity index (χ3v) is 6.02. The third-order valence-electron chi connectivity index (χ3n) is 4.10. The SMILES string of the molecule is COC(=O)/C=C\c1ccc(OC)c(S(=O)(=O)N2CCN(C(C)=O)CC2)c1. The minimum Gasteiger partial charge on any atom is -0.495 e. The molecule has 1 aliphatic rings. The van der Waals surface area contributed by atoms with Crippen molar-refractivity contribution in [2.75, 3.05) is 40.4 Å². The van der Waals surface area contributed by atoms with Gasteiger partial charge in [0.1, 0.15) is 10.6 Å². The van der Waals surface area contributed by atoms with Crippen LogP contribution >= 0.6 is 0 Å². The summed E-state index contributed by atoms with van der Waals surface area (Å²) < 4.78 is 37.1. The van der Waals surface area contributed by atoms with Gasteiger partial charge in [0.05, 0.1) is 14.2 Å². The maximum Gasteiger partial charge on any atom is 0.330 e. The van der Waals surface area contributed by atoms with Crippen molar-refractivity contribution in [1.29, 1.82) is 0 Å². The molecule has 0 saturated carbocycles. The van der Waals surface area contributed by atoms with E-state index in [1.165, 1.54) is 49.7 Å². The molecule has 142 valence electrons. The fourth-order valence-electron chi connectivity index (χ4n) is 2.61. The number of methoxy groups -OCH3 is 2. The highest BCUT2D eigenvalue weighted by atomic mass is 32.2. The van der Waals surface area contributed by atoms with E-state index in [4.69, 9.17) is 4.74 Å². The number of nitrogens with zero attached hydrogens (tertiary/aromatic N) is 2. The van der Waals surface area contributed by atoms with Crippen LogP contribution in [0.15, 0.2) is 29.2 Å². The molecule has 0 aliphatic carbocycles. The molecule has 1 aliphatic heterocycles. The van der Waals surface area contributed by atoms with Crippen LogP contribution in [0.4, 0.5) is 0 Å². The minimum atomic E-state index is -3.80. The van der Waals surface area contributed by atoms with Crippen LogP contribution in [0.25, 0.3) is 6.08 Å². The fraction of sp³-hybridized carbons (Fsp3) is 0.412. The smallest absolute Gasteiger partial charge is 0.330 e. The van der Waals surface area contributed by atoms with E-state index < -0.39 is 16.0 Å². The number of benzene rings is 1. The van der Waals surface area contributed by atoms with Crippen LogP contribution in [0, 0.1) is 0 Å². The number of ether oxygens (including phenoxy) is 2. The molecule has 1 aromatic rings. The second-order valence-corrected chi connectivity index (χ2v) is 7.58. The predicted octanol–water partition coefficient (Wildman–Crippen LogP) is 0.734. The molecule has 1 heterocycles. The first-order chi connectivity index (χ1) is 12.3. The maximum atomic E-state index is 13.0. The molecule has 2 rings (SSSR count). The first kappa shape index (κ1) is 19.9. The van der Waals surface area contributed by atoms with Crippen LogP contribution in [0.3, 0.4) is 0 Å². The van der Waals surface area contributed by atoms with Crippen molar-refractivity contribution in [3.05, 3.63) is 29.8 Å². The van der Waals surface area contributed by atoms with Gasteiger partial charge in [-0.3, -0.25) is 4.79 Å². The minimum absolute atomic E-state index is 0.0169. The van der Waals surface area contributed by atoms with Gasteiger partial charge in [0.25, 0.3) is 0 Å². The highest BCUT2D eigenvalue weighted by molar-refractivity contribution is 7.89. The molecule has 26 heavy (non-hydrogen) atoms. The van der Waals surface area contributed by atoms with E-state index in [1.807, 2.05) is 0 Å². The van der Waals surface area contributed by atoms with Crippen LogP contribution in [-0.4, -0.2) is 69.9 Å². The molecule has 0 radical (unpaired) electrons. The Hall–Kier alpha value is -2.39. The van der Waals surface area contributed by atoms with Gasteiger partial charge < -0.3 is 14.4 Å². The zero-order chi connectivity index (χ0) is 19.3. The zero-order valence-electron chi connectivity index (χ0n) is 15.0. The second-order valence-electron chi connectivity index (χ2n) is 5.68. The average molecular weight is 382 g/mol. The Bertz CT molecular complexity index is 811. The summed E-state index contributed by atoms with van der Waals surface area (Å²) in [5.41, 5.74) is 0.525. The summed E-state index contributed by atoms with van der Waals surface area (Å²) in [6, 6.07) is 4.63. The number of sulfonamides is 1. The van der Waals surface area contributed by atoms with Crippen LogP contribution in [-0.2, 0) is 24.3 Å². The van der Waals surface area contributed by atoms with E-state index in [0.29, 0.717) is 18.7 Å².